The molecule has 0 spiro atoms. The van der Waals surface area contributed by atoms with E-state index in [9.17, 15) is 4.79 Å². The van der Waals surface area contributed by atoms with E-state index in [1.54, 1.807) is 6.20 Å². The molecule has 0 atom stereocenters. The number of carbonyl (C=O) groups is 1. The number of hydrogen-bond acceptors (Lipinski definition) is 3. The number of benzene rings is 1. The number of para-hydroxylation sites is 1. The Morgan fingerprint density at radius 2 is 1.79 bits per heavy atom. The first kappa shape index (κ1) is 15.6. The van der Waals surface area contributed by atoms with Gasteiger partial charge in [-0.2, -0.15) is 0 Å². The molecule has 1 aliphatic heterocycles. The lowest BCUT2D eigenvalue weighted by Crippen LogP contribution is -2.51. The van der Waals surface area contributed by atoms with Gasteiger partial charge in [0.05, 0.1) is 11.9 Å². The minimum absolute atomic E-state index is 0.235. The molecule has 1 amide bonds. The smallest absolute Gasteiger partial charge is 0.227 e. The number of piperazine rings is 1. The molecule has 1 saturated heterocycles. The van der Waals surface area contributed by atoms with E-state index >= 15 is 0 Å². The molecule has 0 radical (unpaired) electrons. The standard InChI is InChI=1S/C20H25N3O/c24-19(15-17-6-3-5-16-7-4-10-21-20(16)17)23-13-11-22(12-14-23)18-8-1-2-9-18/h3-7,10,18H,1-2,8-9,11-15H2. The topological polar surface area (TPSA) is 36.4 Å². The Balaban J connectivity index is 1.39. The van der Waals surface area contributed by atoms with Crippen LogP contribution >= 0.6 is 0 Å². The van der Waals surface area contributed by atoms with Crippen LogP contribution in [0.4, 0.5) is 0 Å². The zero-order valence-electron chi connectivity index (χ0n) is 14.2. The second-order valence-electron chi connectivity index (χ2n) is 7.02. The van der Waals surface area contributed by atoms with E-state index in [-0.39, 0.29) is 5.91 Å². The number of amides is 1. The Hall–Kier alpha value is -1.94. The second-order valence-corrected chi connectivity index (χ2v) is 7.02. The number of nitrogens with zero attached hydrogens (tertiary/aromatic N) is 3. The van der Waals surface area contributed by atoms with Crippen LogP contribution in [0.1, 0.15) is 31.2 Å². The maximum Gasteiger partial charge on any atom is 0.227 e. The first-order valence-corrected chi connectivity index (χ1v) is 9.16. The summed E-state index contributed by atoms with van der Waals surface area (Å²) < 4.78 is 0. The Morgan fingerprint density at radius 3 is 2.58 bits per heavy atom. The maximum absolute atomic E-state index is 12.7. The number of pyridine rings is 1. The molecular weight excluding hydrogens is 298 g/mol. The summed E-state index contributed by atoms with van der Waals surface area (Å²) in [6.45, 7) is 3.80. The van der Waals surface area contributed by atoms with Crippen LogP contribution in [-0.4, -0.2) is 52.9 Å². The number of hydrogen-bond donors (Lipinski definition) is 0. The molecule has 0 N–H and O–H groups in total. The molecule has 2 fully saturated rings. The van der Waals surface area contributed by atoms with E-state index in [0.29, 0.717) is 6.42 Å². The van der Waals surface area contributed by atoms with Crippen molar-refractivity contribution in [3.05, 3.63) is 42.1 Å². The molecule has 2 aliphatic rings. The normalized spacial score (nSPS) is 19.9. The van der Waals surface area contributed by atoms with E-state index in [1.165, 1.54) is 25.7 Å². The minimum atomic E-state index is 0.235. The average molecular weight is 323 g/mol. The molecule has 1 aromatic heterocycles. The fourth-order valence-electron chi connectivity index (χ4n) is 4.19. The van der Waals surface area contributed by atoms with Crippen molar-refractivity contribution in [2.75, 3.05) is 26.2 Å². The highest BCUT2D eigenvalue weighted by Gasteiger charge is 2.27. The molecule has 2 heterocycles. The largest absolute Gasteiger partial charge is 0.340 e. The molecule has 24 heavy (non-hydrogen) atoms. The van der Waals surface area contributed by atoms with Crippen molar-refractivity contribution in [2.45, 2.75) is 38.1 Å². The van der Waals surface area contributed by atoms with Crippen LogP contribution in [0.25, 0.3) is 10.9 Å². The Bertz CT molecular complexity index is 710. The van der Waals surface area contributed by atoms with Crippen molar-refractivity contribution in [1.29, 1.82) is 0 Å². The van der Waals surface area contributed by atoms with Crippen molar-refractivity contribution in [1.82, 2.24) is 14.8 Å². The Kier molecular flexibility index (Phi) is 4.48. The lowest BCUT2D eigenvalue weighted by Gasteiger charge is -2.38. The number of carbonyl (C=O) groups excluding carboxylic acids is 1. The molecule has 0 unspecified atom stereocenters. The SMILES string of the molecule is O=C(Cc1cccc2cccnc12)N1CCN(C2CCCC2)CC1. The summed E-state index contributed by atoms with van der Waals surface area (Å²) in [5, 5.41) is 1.11. The van der Waals surface area contributed by atoms with E-state index in [0.717, 1.165) is 48.7 Å². The molecule has 2 aromatic rings. The fourth-order valence-corrected chi connectivity index (χ4v) is 4.19. The quantitative estimate of drug-likeness (QED) is 0.871. The number of rotatable bonds is 3. The van der Waals surface area contributed by atoms with Gasteiger partial charge in [0.15, 0.2) is 0 Å². The predicted octanol–water partition coefficient (Wildman–Crippen LogP) is 2.86. The van der Waals surface area contributed by atoms with E-state index in [1.807, 2.05) is 23.1 Å². The molecule has 4 rings (SSSR count). The van der Waals surface area contributed by atoms with Crippen molar-refractivity contribution in [2.24, 2.45) is 0 Å². The molecule has 1 aromatic carbocycles. The monoisotopic (exact) mass is 323 g/mol. The van der Waals surface area contributed by atoms with Crippen LogP contribution in [0, 0.1) is 0 Å². The molecule has 126 valence electrons. The molecule has 1 aliphatic carbocycles. The number of fused-ring (bicyclic) bond motifs is 1. The highest BCUT2D eigenvalue weighted by molar-refractivity contribution is 5.87. The second kappa shape index (κ2) is 6.89. The van der Waals surface area contributed by atoms with Gasteiger partial charge in [-0.25, -0.2) is 0 Å². The van der Waals surface area contributed by atoms with Crippen LogP contribution in [-0.2, 0) is 11.2 Å². The summed E-state index contributed by atoms with van der Waals surface area (Å²) in [6.07, 6.45) is 7.69. The summed E-state index contributed by atoms with van der Waals surface area (Å²) in [4.78, 5) is 21.8. The third-order valence-electron chi connectivity index (χ3n) is 5.57. The van der Waals surface area contributed by atoms with Gasteiger partial charge in [-0.15, -0.1) is 0 Å². The van der Waals surface area contributed by atoms with Gasteiger partial charge in [-0.3, -0.25) is 14.7 Å². The van der Waals surface area contributed by atoms with E-state index in [4.69, 9.17) is 0 Å². The summed E-state index contributed by atoms with van der Waals surface area (Å²) in [5.74, 6) is 0.235. The van der Waals surface area contributed by atoms with Gasteiger partial charge in [0.2, 0.25) is 5.91 Å². The first-order valence-electron chi connectivity index (χ1n) is 9.16. The zero-order chi connectivity index (χ0) is 16.4. The van der Waals surface area contributed by atoms with Crippen LogP contribution in [0.5, 0.6) is 0 Å². The summed E-state index contributed by atoms with van der Waals surface area (Å²) >= 11 is 0. The third kappa shape index (κ3) is 3.16. The van der Waals surface area contributed by atoms with Gasteiger partial charge in [-0.05, 0) is 24.5 Å². The third-order valence-corrected chi connectivity index (χ3v) is 5.57. The lowest BCUT2D eigenvalue weighted by atomic mass is 10.1. The predicted molar refractivity (Wildman–Crippen MR) is 95.9 cm³/mol. The fraction of sp³-hybridized carbons (Fsp3) is 0.500. The zero-order valence-corrected chi connectivity index (χ0v) is 14.2. The van der Waals surface area contributed by atoms with Crippen molar-refractivity contribution in [3.8, 4) is 0 Å². The van der Waals surface area contributed by atoms with Gasteiger partial charge in [-0.1, -0.05) is 37.1 Å². The van der Waals surface area contributed by atoms with Crippen LogP contribution in [0.2, 0.25) is 0 Å². The minimum Gasteiger partial charge on any atom is -0.340 e. The number of aromatic nitrogens is 1. The van der Waals surface area contributed by atoms with Crippen molar-refractivity contribution < 1.29 is 4.79 Å². The van der Waals surface area contributed by atoms with Gasteiger partial charge < -0.3 is 4.90 Å². The highest BCUT2D eigenvalue weighted by Crippen LogP contribution is 2.24. The van der Waals surface area contributed by atoms with Gasteiger partial charge in [0.1, 0.15) is 0 Å². The van der Waals surface area contributed by atoms with Gasteiger partial charge in [0, 0.05) is 43.8 Å². The van der Waals surface area contributed by atoms with E-state index in [2.05, 4.69) is 22.0 Å². The Morgan fingerprint density at radius 1 is 1.04 bits per heavy atom. The maximum atomic E-state index is 12.7. The van der Waals surface area contributed by atoms with Crippen molar-refractivity contribution in [3.63, 3.8) is 0 Å². The highest BCUT2D eigenvalue weighted by atomic mass is 16.2. The Labute approximate surface area is 143 Å². The molecule has 4 heteroatoms. The van der Waals surface area contributed by atoms with Crippen molar-refractivity contribution >= 4 is 16.8 Å². The molecule has 0 bridgehead atoms. The first-order chi connectivity index (χ1) is 11.8. The average Bonchev–Trinajstić information content (AvgIpc) is 3.17. The molecular formula is C20H25N3O. The van der Waals surface area contributed by atoms with Crippen LogP contribution in [0.3, 0.4) is 0 Å². The summed E-state index contributed by atoms with van der Waals surface area (Å²) in [6, 6.07) is 10.9. The van der Waals surface area contributed by atoms with Crippen LogP contribution < -0.4 is 0 Å². The molecule has 1 saturated carbocycles. The van der Waals surface area contributed by atoms with Gasteiger partial charge >= 0.3 is 0 Å². The van der Waals surface area contributed by atoms with Crippen LogP contribution in [0.15, 0.2) is 36.5 Å². The summed E-state index contributed by atoms with van der Waals surface area (Å²) in [7, 11) is 0. The lowest BCUT2D eigenvalue weighted by molar-refractivity contribution is -0.132. The van der Waals surface area contributed by atoms with E-state index < -0.39 is 0 Å². The van der Waals surface area contributed by atoms with Gasteiger partial charge in [0.25, 0.3) is 0 Å². The summed E-state index contributed by atoms with van der Waals surface area (Å²) in [5.41, 5.74) is 1.99. The molecule has 4 nitrogen and oxygen atoms in total.